The van der Waals surface area contributed by atoms with E-state index in [0.717, 1.165) is 32.0 Å². The van der Waals surface area contributed by atoms with Crippen molar-refractivity contribution in [1.29, 1.82) is 0 Å². The molecule has 5 heteroatoms. The molecule has 0 saturated carbocycles. The Balaban J connectivity index is 2.12. The molecular weight excluding hydrogens is 204 g/mol. The predicted octanol–water partition coefficient (Wildman–Crippen LogP) is 0.169. The maximum Gasteiger partial charge on any atom is 0.254 e. The van der Waals surface area contributed by atoms with Gasteiger partial charge in [0.25, 0.3) is 5.91 Å². The number of anilines is 1. The summed E-state index contributed by atoms with van der Waals surface area (Å²) in [5, 5.41) is 6.16. The highest BCUT2D eigenvalue weighted by atomic mass is 16.2. The summed E-state index contributed by atoms with van der Waals surface area (Å²) < 4.78 is 0. The molecule has 2 heterocycles. The van der Waals surface area contributed by atoms with Crippen LogP contribution in [0.4, 0.5) is 5.82 Å². The van der Waals surface area contributed by atoms with Crippen LogP contribution >= 0.6 is 0 Å². The maximum atomic E-state index is 12.1. The zero-order chi connectivity index (χ0) is 11.4. The molecule has 0 atom stereocenters. The number of amides is 1. The third-order valence-corrected chi connectivity index (χ3v) is 2.67. The van der Waals surface area contributed by atoms with Gasteiger partial charge in [-0.1, -0.05) is 0 Å². The monoisotopic (exact) mass is 220 g/mol. The quantitative estimate of drug-likeness (QED) is 0.746. The van der Waals surface area contributed by atoms with Gasteiger partial charge in [-0.15, -0.1) is 0 Å². The van der Waals surface area contributed by atoms with E-state index in [0.29, 0.717) is 5.56 Å². The third kappa shape index (κ3) is 2.30. The van der Waals surface area contributed by atoms with E-state index in [1.54, 1.807) is 25.4 Å². The van der Waals surface area contributed by atoms with Gasteiger partial charge >= 0.3 is 0 Å². The van der Waals surface area contributed by atoms with E-state index in [1.807, 2.05) is 4.90 Å². The van der Waals surface area contributed by atoms with Crippen LogP contribution in [-0.2, 0) is 0 Å². The second kappa shape index (κ2) is 4.94. The number of carbonyl (C=O) groups excluding carboxylic acids is 1. The molecule has 1 aliphatic rings. The summed E-state index contributed by atoms with van der Waals surface area (Å²) in [5.41, 5.74) is 0.696. The van der Waals surface area contributed by atoms with Crippen LogP contribution < -0.4 is 10.6 Å². The number of piperazine rings is 1. The van der Waals surface area contributed by atoms with Crippen molar-refractivity contribution in [2.45, 2.75) is 0 Å². The molecule has 2 rings (SSSR count). The SMILES string of the molecule is CNc1cc(C(=O)N2CCNCC2)ccn1. The molecule has 2 N–H and O–H groups in total. The molecule has 0 radical (unpaired) electrons. The lowest BCUT2D eigenvalue weighted by Gasteiger charge is -2.27. The summed E-state index contributed by atoms with van der Waals surface area (Å²) >= 11 is 0. The molecule has 86 valence electrons. The molecule has 0 bridgehead atoms. The van der Waals surface area contributed by atoms with Crippen molar-refractivity contribution in [3.63, 3.8) is 0 Å². The first kappa shape index (κ1) is 10.9. The average molecular weight is 220 g/mol. The lowest BCUT2D eigenvalue weighted by atomic mass is 10.2. The number of aromatic nitrogens is 1. The lowest BCUT2D eigenvalue weighted by Crippen LogP contribution is -2.46. The summed E-state index contributed by atoms with van der Waals surface area (Å²) in [5.74, 6) is 0.807. The van der Waals surface area contributed by atoms with Gasteiger partial charge in [0.15, 0.2) is 0 Å². The van der Waals surface area contributed by atoms with Gasteiger partial charge in [-0.3, -0.25) is 4.79 Å². The van der Waals surface area contributed by atoms with Gasteiger partial charge in [-0.2, -0.15) is 0 Å². The number of rotatable bonds is 2. The predicted molar refractivity (Wildman–Crippen MR) is 62.6 cm³/mol. The summed E-state index contributed by atoms with van der Waals surface area (Å²) in [6, 6.07) is 3.54. The van der Waals surface area contributed by atoms with Crippen LogP contribution in [0.5, 0.6) is 0 Å². The van der Waals surface area contributed by atoms with Crippen molar-refractivity contribution >= 4 is 11.7 Å². The Kier molecular flexibility index (Phi) is 3.36. The standard InChI is InChI=1S/C11H16N4O/c1-12-10-8-9(2-3-14-10)11(16)15-6-4-13-5-7-15/h2-3,8,13H,4-7H2,1H3,(H,12,14). The fourth-order valence-electron chi connectivity index (χ4n) is 1.75. The summed E-state index contributed by atoms with van der Waals surface area (Å²) in [6.45, 7) is 3.29. The van der Waals surface area contributed by atoms with E-state index in [9.17, 15) is 4.79 Å². The molecule has 1 amide bonds. The topological polar surface area (TPSA) is 57.3 Å². The van der Waals surface area contributed by atoms with Crippen molar-refractivity contribution in [1.82, 2.24) is 15.2 Å². The number of hydrogen-bond acceptors (Lipinski definition) is 4. The molecule has 1 aromatic heterocycles. The minimum atomic E-state index is 0.0837. The highest BCUT2D eigenvalue weighted by molar-refractivity contribution is 5.94. The van der Waals surface area contributed by atoms with Crippen LogP contribution in [-0.4, -0.2) is 49.0 Å². The largest absolute Gasteiger partial charge is 0.373 e. The Morgan fingerprint density at radius 3 is 2.94 bits per heavy atom. The first-order valence-electron chi connectivity index (χ1n) is 5.45. The van der Waals surface area contributed by atoms with E-state index in [1.165, 1.54) is 0 Å². The second-order valence-corrected chi connectivity index (χ2v) is 3.72. The fourth-order valence-corrected chi connectivity index (χ4v) is 1.75. The van der Waals surface area contributed by atoms with Gasteiger partial charge in [0.2, 0.25) is 0 Å². The minimum absolute atomic E-state index is 0.0837. The molecule has 1 aliphatic heterocycles. The van der Waals surface area contributed by atoms with E-state index < -0.39 is 0 Å². The van der Waals surface area contributed by atoms with Crippen molar-refractivity contribution < 1.29 is 4.79 Å². The maximum absolute atomic E-state index is 12.1. The summed E-state index contributed by atoms with van der Waals surface area (Å²) in [6.07, 6.45) is 1.65. The van der Waals surface area contributed by atoms with Crippen LogP contribution in [0.3, 0.4) is 0 Å². The molecule has 0 unspecified atom stereocenters. The Morgan fingerprint density at radius 1 is 1.50 bits per heavy atom. The van der Waals surface area contributed by atoms with Crippen LogP contribution in [0, 0.1) is 0 Å². The Morgan fingerprint density at radius 2 is 2.25 bits per heavy atom. The van der Waals surface area contributed by atoms with Crippen LogP contribution in [0.1, 0.15) is 10.4 Å². The summed E-state index contributed by atoms with van der Waals surface area (Å²) in [7, 11) is 1.79. The molecule has 1 fully saturated rings. The van der Waals surface area contributed by atoms with E-state index in [4.69, 9.17) is 0 Å². The molecule has 1 aromatic rings. The molecule has 0 aliphatic carbocycles. The molecule has 16 heavy (non-hydrogen) atoms. The minimum Gasteiger partial charge on any atom is -0.373 e. The van der Waals surface area contributed by atoms with E-state index in [2.05, 4.69) is 15.6 Å². The van der Waals surface area contributed by atoms with Gasteiger partial charge < -0.3 is 15.5 Å². The first-order valence-corrected chi connectivity index (χ1v) is 5.45. The first-order chi connectivity index (χ1) is 7.81. The number of carbonyl (C=O) groups is 1. The van der Waals surface area contributed by atoms with Crippen molar-refractivity contribution in [2.75, 3.05) is 38.5 Å². The van der Waals surface area contributed by atoms with Crippen molar-refractivity contribution in [2.24, 2.45) is 0 Å². The van der Waals surface area contributed by atoms with E-state index >= 15 is 0 Å². The highest BCUT2D eigenvalue weighted by Gasteiger charge is 2.17. The Labute approximate surface area is 94.9 Å². The molecule has 1 saturated heterocycles. The molecule has 0 spiro atoms. The zero-order valence-electron chi connectivity index (χ0n) is 9.36. The molecule has 0 aromatic carbocycles. The van der Waals surface area contributed by atoms with Crippen molar-refractivity contribution in [3.05, 3.63) is 23.9 Å². The van der Waals surface area contributed by atoms with Crippen LogP contribution in [0.2, 0.25) is 0 Å². The fraction of sp³-hybridized carbons (Fsp3) is 0.455. The van der Waals surface area contributed by atoms with Gasteiger partial charge in [0.05, 0.1) is 0 Å². The average Bonchev–Trinajstić information content (AvgIpc) is 2.39. The Hall–Kier alpha value is -1.62. The number of hydrogen-bond donors (Lipinski definition) is 2. The van der Waals surface area contributed by atoms with Gasteiger partial charge in [0, 0.05) is 45.0 Å². The molecular formula is C11H16N4O. The highest BCUT2D eigenvalue weighted by Crippen LogP contribution is 2.09. The van der Waals surface area contributed by atoms with Crippen LogP contribution in [0.15, 0.2) is 18.3 Å². The van der Waals surface area contributed by atoms with Crippen molar-refractivity contribution in [3.8, 4) is 0 Å². The zero-order valence-corrected chi connectivity index (χ0v) is 9.36. The van der Waals surface area contributed by atoms with Gasteiger partial charge in [0.1, 0.15) is 5.82 Å². The normalized spacial score (nSPS) is 15.9. The third-order valence-electron chi connectivity index (χ3n) is 2.67. The van der Waals surface area contributed by atoms with E-state index in [-0.39, 0.29) is 5.91 Å². The lowest BCUT2D eigenvalue weighted by molar-refractivity contribution is 0.0736. The van der Waals surface area contributed by atoms with Crippen LogP contribution in [0.25, 0.3) is 0 Å². The Bertz CT molecular complexity index is 374. The molecule has 5 nitrogen and oxygen atoms in total. The summed E-state index contributed by atoms with van der Waals surface area (Å²) in [4.78, 5) is 18.1. The van der Waals surface area contributed by atoms with Gasteiger partial charge in [-0.25, -0.2) is 4.98 Å². The number of pyridine rings is 1. The number of nitrogens with one attached hydrogen (secondary N) is 2. The number of nitrogens with zero attached hydrogens (tertiary/aromatic N) is 2. The van der Waals surface area contributed by atoms with Gasteiger partial charge in [-0.05, 0) is 12.1 Å². The smallest absolute Gasteiger partial charge is 0.254 e. The second-order valence-electron chi connectivity index (χ2n) is 3.72.